The van der Waals surface area contributed by atoms with Crippen LogP contribution in [0.3, 0.4) is 0 Å². The minimum atomic E-state index is 0.0272. The molecule has 0 amide bonds. The summed E-state index contributed by atoms with van der Waals surface area (Å²) in [4.78, 5) is 26.0. The van der Waals surface area contributed by atoms with Gasteiger partial charge in [0.25, 0.3) is 0 Å². The van der Waals surface area contributed by atoms with Gasteiger partial charge in [0.2, 0.25) is 16.5 Å². The SMILES string of the molecule is CC.CC.Nc1ncccc1-c1nc2ccc(-c3ccccc3)nc2n1-c1ccc(CNc2nc(Cl)nc(Cl)n2)cc1. The first-order chi connectivity index (χ1) is 20.5. The van der Waals surface area contributed by atoms with Gasteiger partial charge in [0.1, 0.15) is 11.3 Å². The number of nitrogens with two attached hydrogens (primary N) is 1. The number of imidazole rings is 1. The van der Waals surface area contributed by atoms with Gasteiger partial charge in [0, 0.05) is 24.0 Å². The van der Waals surface area contributed by atoms with Gasteiger partial charge in [0.05, 0.1) is 11.3 Å². The normalized spacial score (nSPS) is 10.3. The Balaban J connectivity index is 0.000000972. The van der Waals surface area contributed by atoms with E-state index in [0.717, 1.165) is 33.6 Å². The molecule has 0 spiro atoms. The number of benzene rings is 2. The number of nitrogens with one attached hydrogen (secondary N) is 1. The van der Waals surface area contributed by atoms with Crippen molar-refractivity contribution in [1.29, 1.82) is 0 Å². The van der Waals surface area contributed by atoms with Gasteiger partial charge < -0.3 is 11.1 Å². The van der Waals surface area contributed by atoms with E-state index < -0.39 is 0 Å². The third kappa shape index (κ3) is 6.82. The van der Waals surface area contributed by atoms with Crippen LogP contribution in [0.25, 0.3) is 39.5 Å². The molecular weight excluding hydrogens is 569 g/mol. The smallest absolute Gasteiger partial charge is 0.228 e. The Bertz CT molecular complexity index is 1730. The summed E-state index contributed by atoms with van der Waals surface area (Å²) in [7, 11) is 0. The molecule has 11 heteroatoms. The average molecular weight is 601 g/mol. The van der Waals surface area contributed by atoms with Crippen molar-refractivity contribution in [3.8, 4) is 28.3 Å². The molecule has 6 aromatic rings. The van der Waals surface area contributed by atoms with Crippen molar-refractivity contribution in [3.63, 3.8) is 0 Å². The summed E-state index contributed by atoms with van der Waals surface area (Å²) in [6.45, 7) is 8.46. The van der Waals surface area contributed by atoms with Gasteiger partial charge in [-0.3, -0.25) is 4.57 Å². The van der Waals surface area contributed by atoms with E-state index >= 15 is 0 Å². The van der Waals surface area contributed by atoms with Gasteiger partial charge in [-0.05, 0) is 65.2 Å². The highest BCUT2D eigenvalue weighted by Crippen LogP contribution is 2.31. The van der Waals surface area contributed by atoms with E-state index in [-0.39, 0.29) is 10.6 Å². The standard InChI is InChI=1S/C27H19Cl2N9.2C2H6/c28-25-35-26(29)37-27(36-25)32-15-16-8-10-18(11-9-16)38-23(19-7-4-14-31-22(19)30)34-21-13-12-20(33-24(21)38)17-5-2-1-3-6-17;2*1-2/h1-14H,15H2,(H2,30,31)(H,32,35,36,37);2*1-2H3. The lowest BCUT2D eigenvalue weighted by Crippen LogP contribution is -2.05. The second-order valence-electron chi connectivity index (χ2n) is 8.33. The maximum Gasteiger partial charge on any atom is 0.228 e. The number of fused-ring (bicyclic) bond motifs is 1. The Morgan fingerprint density at radius 1 is 0.738 bits per heavy atom. The van der Waals surface area contributed by atoms with Crippen molar-refractivity contribution < 1.29 is 0 Å². The average Bonchev–Trinajstić information content (AvgIpc) is 3.41. The first-order valence-electron chi connectivity index (χ1n) is 13.6. The molecule has 4 aromatic heterocycles. The lowest BCUT2D eigenvalue weighted by Gasteiger charge is -2.12. The van der Waals surface area contributed by atoms with E-state index in [2.05, 4.69) is 25.3 Å². The maximum atomic E-state index is 6.25. The first-order valence-corrected chi connectivity index (χ1v) is 14.4. The summed E-state index contributed by atoms with van der Waals surface area (Å²) in [5.74, 6) is 1.35. The van der Waals surface area contributed by atoms with Crippen LogP contribution in [0, 0.1) is 0 Å². The Morgan fingerprint density at radius 3 is 2.10 bits per heavy atom. The lowest BCUT2D eigenvalue weighted by molar-refractivity contribution is 1.000. The minimum Gasteiger partial charge on any atom is -0.383 e. The molecule has 0 saturated heterocycles. The van der Waals surface area contributed by atoms with E-state index in [1.807, 2.05) is 111 Å². The second-order valence-corrected chi connectivity index (χ2v) is 9.01. The van der Waals surface area contributed by atoms with Gasteiger partial charge in [-0.15, -0.1) is 0 Å². The molecule has 9 nitrogen and oxygen atoms in total. The predicted octanol–water partition coefficient (Wildman–Crippen LogP) is 7.89. The van der Waals surface area contributed by atoms with Gasteiger partial charge in [-0.2, -0.15) is 15.0 Å². The summed E-state index contributed by atoms with van der Waals surface area (Å²) in [5, 5.41) is 3.16. The monoisotopic (exact) mass is 599 g/mol. The van der Waals surface area contributed by atoms with Gasteiger partial charge in [-0.1, -0.05) is 70.2 Å². The minimum absolute atomic E-state index is 0.0272. The van der Waals surface area contributed by atoms with Crippen molar-refractivity contribution in [2.45, 2.75) is 34.2 Å². The number of anilines is 2. The molecule has 2 aromatic carbocycles. The van der Waals surface area contributed by atoms with Crippen LogP contribution in [-0.4, -0.2) is 34.5 Å². The van der Waals surface area contributed by atoms with Gasteiger partial charge in [-0.25, -0.2) is 15.0 Å². The molecule has 0 saturated carbocycles. The van der Waals surface area contributed by atoms with Crippen LogP contribution in [0.5, 0.6) is 0 Å². The maximum absolute atomic E-state index is 6.25. The number of hydrogen-bond donors (Lipinski definition) is 2. The second kappa shape index (κ2) is 14.3. The molecule has 42 heavy (non-hydrogen) atoms. The molecule has 214 valence electrons. The highest BCUT2D eigenvalue weighted by molar-refractivity contribution is 6.31. The molecule has 4 heterocycles. The first kappa shape index (κ1) is 30.4. The molecule has 0 aliphatic carbocycles. The van der Waals surface area contributed by atoms with E-state index in [0.29, 0.717) is 29.8 Å². The van der Waals surface area contributed by atoms with E-state index in [1.54, 1.807) is 6.20 Å². The van der Waals surface area contributed by atoms with Crippen LogP contribution in [0.4, 0.5) is 11.8 Å². The Kier molecular flexibility index (Phi) is 10.4. The molecule has 0 unspecified atom stereocenters. The molecule has 0 aliphatic rings. The summed E-state index contributed by atoms with van der Waals surface area (Å²) >= 11 is 11.7. The van der Waals surface area contributed by atoms with Crippen molar-refractivity contribution in [2.24, 2.45) is 0 Å². The fourth-order valence-corrected chi connectivity index (χ4v) is 4.47. The Morgan fingerprint density at radius 2 is 1.43 bits per heavy atom. The third-order valence-corrected chi connectivity index (χ3v) is 6.22. The number of rotatable bonds is 6. The third-order valence-electron chi connectivity index (χ3n) is 5.88. The fraction of sp³-hybridized carbons (Fsp3) is 0.161. The molecule has 0 radical (unpaired) electrons. The molecule has 3 N–H and O–H groups in total. The quantitative estimate of drug-likeness (QED) is 0.198. The Hall–Kier alpha value is -4.60. The van der Waals surface area contributed by atoms with E-state index in [4.69, 9.17) is 38.9 Å². The number of nitrogen functional groups attached to an aromatic ring is 1. The van der Waals surface area contributed by atoms with Crippen LogP contribution >= 0.6 is 23.2 Å². The van der Waals surface area contributed by atoms with Gasteiger partial charge in [0.15, 0.2) is 11.5 Å². The molecular formula is C31H31Cl2N9. The molecule has 6 rings (SSSR count). The van der Waals surface area contributed by atoms with Crippen molar-refractivity contribution in [1.82, 2.24) is 34.5 Å². The van der Waals surface area contributed by atoms with Crippen molar-refractivity contribution in [3.05, 3.63) is 101 Å². The molecule has 0 aliphatic heterocycles. The number of halogens is 2. The number of nitrogens with zero attached hydrogens (tertiary/aromatic N) is 7. The van der Waals surface area contributed by atoms with E-state index in [1.165, 1.54) is 0 Å². The topological polar surface area (TPSA) is 120 Å². The zero-order chi connectivity index (χ0) is 30.1. The lowest BCUT2D eigenvalue weighted by atomic mass is 10.1. The van der Waals surface area contributed by atoms with Crippen LogP contribution in [0.2, 0.25) is 10.6 Å². The number of aromatic nitrogens is 7. The Labute approximate surface area is 254 Å². The summed E-state index contributed by atoms with van der Waals surface area (Å²) in [6.07, 6.45) is 1.66. The van der Waals surface area contributed by atoms with Crippen LogP contribution < -0.4 is 11.1 Å². The van der Waals surface area contributed by atoms with Crippen LogP contribution in [0.1, 0.15) is 33.3 Å². The largest absolute Gasteiger partial charge is 0.383 e. The van der Waals surface area contributed by atoms with E-state index in [9.17, 15) is 0 Å². The predicted molar refractivity (Wildman–Crippen MR) is 172 cm³/mol. The van der Waals surface area contributed by atoms with Crippen LogP contribution in [-0.2, 0) is 6.54 Å². The van der Waals surface area contributed by atoms with Crippen molar-refractivity contribution >= 4 is 46.1 Å². The van der Waals surface area contributed by atoms with Crippen LogP contribution in [0.15, 0.2) is 85.1 Å². The van der Waals surface area contributed by atoms with Gasteiger partial charge >= 0.3 is 0 Å². The fourth-order valence-electron chi connectivity index (χ4n) is 4.11. The summed E-state index contributed by atoms with van der Waals surface area (Å²) < 4.78 is 2.00. The number of pyridine rings is 2. The van der Waals surface area contributed by atoms with Crippen molar-refractivity contribution in [2.75, 3.05) is 11.1 Å². The highest BCUT2D eigenvalue weighted by Gasteiger charge is 2.18. The molecule has 0 fully saturated rings. The zero-order valence-electron chi connectivity index (χ0n) is 23.8. The summed E-state index contributed by atoms with van der Waals surface area (Å²) in [6, 6.07) is 25.7. The number of hydrogen-bond acceptors (Lipinski definition) is 8. The zero-order valence-corrected chi connectivity index (χ0v) is 25.3. The molecule has 0 atom stereocenters. The summed E-state index contributed by atoms with van der Waals surface area (Å²) in [5.41, 5.74) is 12.2. The molecule has 0 bridgehead atoms. The highest BCUT2D eigenvalue weighted by atomic mass is 35.5.